The van der Waals surface area contributed by atoms with E-state index in [1.54, 1.807) is 12.1 Å². The molecular formula is C21H23N5O4S3. The number of carbonyl (C=O) groups excluding carboxylic acids is 1. The molecule has 174 valence electrons. The van der Waals surface area contributed by atoms with Crippen LogP contribution >= 0.6 is 23.1 Å². The molecule has 1 saturated heterocycles. The van der Waals surface area contributed by atoms with Crippen LogP contribution in [0.2, 0.25) is 0 Å². The van der Waals surface area contributed by atoms with Gasteiger partial charge in [-0.3, -0.25) is 4.79 Å². The third kappa shape index (κ3) is 6.30. The number of hydrogen-bond acceptors (Lipinski definition) is 9. The minimum absolute atomic E-state index is 0.125. The van der Waals surface area contributed by atoms with Gasteiger partial charge in [0.15, 0.2) is 4.34 Å². The number of hydrogen-bond donors (Lipinski definition) is 2. The highest BCUT2D eigenvalue weighted by atomic mass is 32.2. The molecule has 2 N–H and O–H groups in total. The summed E-state index contributed by atoms with van der Waals surface area (Å²) in [5.74, 6) is -0.135. The van der Waals surface area contributed by atoms with Gasteiger partial charge in [-0.1, -0.05) is 46.9 Å². The van der Waals surface area contributed by atoms with Crippen molar-refractivity contribution in [2.24, 2.45) is 0 Å². The molecule has 0 atom stereocenters. The van der Waals surface area contributed by atoms with Gasteiger partial charge in [-0.25, -0.2) is 8.42 Å². The summed E-state index contributed by atoms with van der Waals surface area (Å²) < 4.78 is 32.9. The highest BCUT2D eigenvalue weighted by Gasteiger charge is 2.26. The molecule has 0 radical (unpaired) electrons. The van der Waals surface area contributed by atoms with E-state index >= 15 is 0 Å². The number of morpholine rings is 1. The molecule has 1 aliphatic rings. The van der Waals surface area contributed by atoms with Crippen molar-refractivity contribution in [2.45, 2.75) is 16.2 Å². The molecule has 1 aliphatic heterocycles. The molecule has 33 heavy (non-hydrogen) atoms. The van der Waals surface area contributed by atoms with Crippen molar-refractivity contribution in [3.05, 3.63) is 54.1 Å². The third-order valence-electron chi connectivity index (χ3n) is 4.76. The predicted octanol–water partition coefficient (Wildman–Crippen LogP) is 3.34. The summed E-state index contributed by atoms with van der Waals surface area (Å²) >= 11 is 2.62. The topological polar surface area (TPSA) is 114 Å². The molecule has 1 amide bonds. The Morgan fingerprint density at radius 1 is 1.12 bits per heavy atom. The van der Waals surface area contributed by atoms with Gasteiger partial charge in [0.05, 0.1) is 23.9 Å². The summed E-state index contributed by atoms with van der Waals surface area (Å²) in [5.41, 5.74) is 2.51. The smallest absolute Gasteiger partial charge is 0.243 e. The van der Waals surface area contributed by atoms with Gasteiger partial charge in [-0.2, -0.15) is 4.31 Å². The van der Waals surface area contributed by atoms with E-state index in [9.17, 15) is 13.2 Å². The number of aromatic nitrogens is 2. The van der Waals surface area contributed by atoms with Gasteiger partial charge >= 0.3 is 0 Å². The van der Waals surface area contributed by atoms with Crippen LogP contribution in [0.1, 0.15) is 5.56 Å². The van der Waals surface area contributed by atoms with Gasteiger partial charge < -0.3 is 15.4 Å². The average molecular weight is 506 g/mol. The van der Waals surface area contributed by atoms with Crippen LogP contribution in [0.3, 0.4) is 0 Å². The number of rotatable bonds is 8. The third-order valence-corrected chi connectivity index (χ3v) is 8.63. The molecule has 1 aromatic heterocycles. The highest BCUT2D eigenvalue weighted by molar-refractivity contribution is 8.01. The number of anilines is 3. The number of sulfonamides is 1. The molecule has 9 nitrogen and oxygen atoms in total. The van der Waals surface area contributed by atoms with Gasteiger partial charge in [0, 0.05) is 24.5 Å². The number of aryl methyl sites for hydroxylation is 1. The zero-order chi connectivity index (χ0) is 23.3. The number of nitrogens with zero attached hydrogens (tertiary/aromatic N) is 3. The molecule has 3 aromatic rings. The molecule has 0 aliphatic carbocycles. The maximum Gasteiger partial charge on any atom is 0.243 e. The number of amides is 1. The summed E-state index contributed by atoms with van der Waals surface area (Å²) in [4.78, 5) is 12.6. The lowest BCUT2D eigenvalue weighted by Gasteiger charge is -2.26. The van der Waals surface area contributed by atoms with E-state index in [0.717, 1.165) is 5.69 Å². The van der Waals surface area contributed by atoms with Crippen molar-refractivity contribution < 1.29 is 17.9 Å². The Bertz CT molecular complexity index is 1210. The number of thioether (sulfide) groups is 1. The van der Waals surface area contributed by atoms with Crippen LogP contribution in [0.5, 0.6) is 0 Å². The van der Waals surface area contributed by atoms with Gasteiger partial charge in [0.1, 0.15) is 0 Å². The molecule has 0 bridgehead atoms. The Morgan fingerprint density at radius 2 is 1.88 bits per heavy atom. The number of carbonyl (C=O) groups is 1. The van der Waals surface area contributed by atoms with Crippen molar-refractivity contribution in [1.82, 2.24) is 14.5 Å². The van der Waals surface area contributed by atoms with Crippen LogP contribution in [0.4, 0.5) is 16.5 Å². The van der Waals surface area contributed by atoms with Crippen molar-refractivity contribution in [3.63, 3.8) is 0 Å². The van der Waals surface area contributed by atoms with Crippen molar-refractivity contribution in [3.8, 4) is 0 Å². The monoisotopic (exact) mass is 505 g/mol. The predicted molar refractivity (Wildman–Crippen MR) is 130 cm³/mol. The lowest BCUT2D eigenvalue weighted by molar-refractivity contribution is -0.113. The van der Waals surface area contributed by atoms with Gasteiger partial charge in [0.25, 0.3) is 0 Å². The molecule has 1 fully saturated rings. The number of benzene rings is 2. The summed E-state index contributed by atoms with van der Waals surface area (Å²) in [6.45, 7) is 3.41. The zero-order valence-corrected chi connectivity index (χ0v) is 20.3. The SMILES string of the molecule is Cc1ccc(Nc2nnc(SCC(=O)Nc3cccc(S(=O)(=O)N4CCOCC4)c3)s2)cc1. The first-order valence-corrected chi connectivity index (χ1v) is 13.4. The first-order chi connectivity index (χ1) is 15.9. The summed E-state index contributed by atoms with van der Waals surface area (Å²) in [6, 6.07) is 14.2. The van der Waals surface area contributed by atoms with E-state index in [-0.39, 0.29) is 16.6 Å². The van der Waals surface area contributed by atoms with E-state index in [1.807, 2.05) is 31.2 Å². The second kappa shape index (κ2) is 10.6. The fourth-order valence-corrected chi connectivity index (χ4v) is 6.10. The van der Waals surface area contributed by atoms with Crippen LogP contribution in [-0.2, 0) is 19.6 Å². The van der Waals surface area contributed by atoms with Crippen LogP contribution in [0.25, 0.3) is 0 Å². The Balaban J connectivity index is 1.32. The summed E-state index contributed by atoms with van der Waals surface area (Å²) in [5, 5.41) is 14.8. The normalized spacial score (nSPS) is 14.7. The van der Waals surface area contributed by atoms with Crippen molar-refractivity contribution in [2.75, 3.05) is 42.7 Å². The number of nitrogens with one attached hydrogen (secondary N) is 2. The highest BCUT2D eigenvalue weighted by Crippen LogP contribution is 2.28. The minimum Gasteiger partial charge on any atom is -0.379 e. The maximum atomic E-state index is 12.8. The Morgan fingerprint density at radius 3 is 2.64 bits per heavy atom. The first kappa shape index (κ1) is 23.6. The van der Waals surface area contributed by atoms with E-state index in [1.165, 1.54) is 45.1 Å². The first-order valence-electron chi connectivity index (χ1n) is 10.2. The Hall–Kier alpha value is -2.51. The second-order valence-electron chi connectivity index (χ2n) is 7.25. The molecule has 4 rings (SSSR count). The Kier molecular flexibility index (Phi) is 7.60. The van der Waals surface area contributed by atoms with Gasteiger partial charge in [-0.05, 0) is 37.3 Å². The van der Waals surface area contributed by atoms with Crippen LogP contribution in [-0.4, -0.2) is 60.9 Å². The molecule has 0 unspecified atom stereocenters. The van der Waals surface area contributed by atoms with E-state index in [0.29, 0.717) is 41.5 Å². The quantitative estimate of drug-likeness (QED) is 0.448. The van der Waals surface area contributed by atoms with Crippen molar-refractivity contribution >= 4 is 55.5 Å². The molecule has 0 spiro atoms. The maximum absolute atomic E-state index is 12.8. The fourth-order valence-electron chi connectivity index (χ4n) is 3.07. The number of ether oxygens (including phenoxy) is 1. The van der Waals surface area contributed by atoms with Gasteiger partial charge in [0.2, 0.25) is 21.1 Å². The van der Waals surface area contributed by atoms with E-state index < -0.39 is 10.0 Å². The van der Waals surface area contributed by atoms with Crippen LogP contribution in [0, 0.1) is 6.92 Å². The largest absolute Gasteiger partial charge is 0.379 e. The molecule has 2 aromatic carbocycles. The molecular weight excluding hydrogens is 482 g/mol. The van der Waals surface area contributed by atoms with E-state index in [2.05, 4.69) is 20.8 Å². The summed E-state index contributed by atoms with van der Waals surface area (Å²) in [7, 11) is -3.63. The molecule has 2 heterocycles. The van der Waals surface area contributed by atoms with Gasteiger partial charge in [-0.15, -0.1) is 10.2 Å². The second-order valence-corrected chi connectivity index (χ2v) is 11.4. The minimum atomic E-state index is -3.63. The summed E-state index contributed by atoms with van der Waals surface area (Å²) in [6.07, 6.45) is 0. The van der Waals surface area contributed by atoms with E-state index in [4.69, 9.17) is 4.74 Å². The van der Waals surface area contributed by atoms with Crippen LogP contribution in [0.15, 0.2) is 57.8 Å². The standard InChI is InChI=1S/C21H23N5O4S3/c1-15-5-7-16(8-6-15)23-20-24-25-21(32-20)31-14-19(27)22-17-3-2-4-18(13-17)33(28,29)26-9-11-30-12-10-26/h2-8,13H,9-12,14H2,1H3,(H,22,27)(H,23,24). The lowest BCUT2D eigenvalue weighted by atomic mass is 10.2. The lowest BCUT2D eigenvalue weighted by Crippen LogP contribution is -2.40. The van der Waals surface area contributed by atoms with Crippen molar-refractivity contribution in [1.29, 1.82) is 0 Å². The molecule has 0 saturated carbocycles. The van der Waals surface area contributed by atoms with Crippen LogP contribution < -0.4 is 10.6 Å². The zero-order valence-electron chi connectivity index (χ0n) is 17.9. The average Bonchev–Trinajstić information content (AvgIpc) is 3.27. The Labute approximate surface area is 200 Å². The molecule has 12 heteroatoms. The fraction of sp³-hybridized carbons (Fsp3) is 0.286.